The lowest BCUT2D eigenvalue weighted by molar-refractivity contribution is -0.146. The fraction of sp³-hybridized carbons (Fsp3) is 0.471. The van der Waals surface area contributed by atoms with Gasteiger partial charge in [0.25, 0.3) is 11.8 Å². The summed E-state index contributed by atoms with van der Waals surface area (Å²) in [6.45, 7) is 4.18. The molecule has 136 valence electrons. The molecule has 0 bridgehead atoms. The summed E-state index contributed by atoms with van der Waals surface area (Å²) in [5.74, 6) is -1.04. The number of benzene rings is 1. The van der Waals surface area contributed by atoms with Crippen LogP contribution in [0.2, 0.25) is 0 Å². The molecule has 1 fully saturated rings. The van der Waals surface area contributed by atoms with E-state index in [2.05, 4.69) is 0 Å². The molecule has 1 aromatic rings. The van der Waals surface area contributed by atoms with Gasteiger partial charge in [0.05, 0.1) is 17.8 Å². The van der Waals surface area contributed by atoms with Crippen LogP contribution in [0.1, 0.15) is 24.2 Å². The van der Waals surface area contributed by atoms with Crippen LogP contribution in [0.15, 0.2) is 24.3 Å². The number of rotatable bonds is 6. The zero-order valence-electron chi connectivity index (χ0n) is 14.3. The highest BCUT2D eigenvalue weighted by atomic mass is 16.5. The predicted molar refractivity (Wildman–Crippen MR) is 88.0 cm³/mol. The zero-order valence-corrected chi connectivity index (χ0v) is 14.3. The third-order valence-electron chi connectivity index (χ3n) is 3.57. The molecule has 2 rings (SSSR count). The fourth-order valence-corrected chi connectivity index (χ4v) is 2.53. The third kappa shape index (κ3) is 5.75. The molecule has 8 heteroatoms. The normalized spacial score (nSPS) is 20.0. The summed E-state index contributed by atoms with van der Waals surface area (Å²) in [6, 6.07) is 6.02. The monoisotopic (exact) mass is 350 g/mol. The van der Waals surface area contributed by atoms with Gasteiger partial charge in [0.15, 0.2) is 13.2 Å². The van der Waals surface area contributed by atoms with Crippen molar-refractivity contribution in [3.8, 4) is 5.75 Å². The second-order valence-electron chi connectivity index (χ2n) is 5.91. The van der Waals surface area contributed by atoms with Gasteiger partial charge in [-0.05, 0) is 38.1 Å². The minimum atomic E-state index is -0.607. The highest BCUT2D eigenvalue weighted by Gasteiger charge is 2.26. The number of carbonyl (C=O) groups is 3. The van der Waals surface area contributed by atoms with Crippen molar-refractivity contribution in [2.75, 3.05) is 26.3 Å². The van der Waals surface area contributed by atoms with Crippen LogP contribution in [0.3, 0.4) is 0 Å². The van der Waals surface area contributed by atoms with Gasteiger partial charge in [-0.1, -0.05) is 0 Å². The van der Waals surface area contributed by atoms with Crippen molar-refractivity contribution in [3.63, 3.8) is 0 Å². The number of morpholine rings is 1. The molecule has 1 saturated heterocycles. The SMILES string of the molecule is C[C@@H]1CN(C(=O)COC(=O)c2ccc(OCC(N)=O)cc2)C[C@@H](C)O1. The Labute approximate surface area is 145 Å². The van der Waals surface area contributed by atoms with Gasteiger partial charge in [0.1, 0.15) is 5.75 Å². The van der Waals surface area contributed by atoms with Gasteiger partial charge in [-0.15, -0.1) is 0 Å². The fourth-order valence-electron chi connectivity index (χ4n) is 2.53. The Kier molecular flexibility index (Phi) is 6.35. The van der Waals surface area contributed by atoms with Crippen LogP contribution in [-0.4, -0.2) is 61.2 Å². The number of hydrogen-bond donors (Lipinski definition) is 1. The van der Waals surface area contributed by atoms with Crippen LogP contribution in [0, 0.1) is 0 Å². The van der Waals surface area contributed by atoms with Gasteiger partial charge in [0, 0.05) is 13.1 Å². The van der Waals surface area contributed by atoms with Crippen LogP contribution in [0.25, 0.3) is 0 Å². The van der Waals surface area contributed by atoms with E-state index in [1.807, 2.05) is 13.8 Å². The molecule has 8 nitrogen and oxygen atoms in total. The van der Waals surface area contributed by atoms with E-state index in [0.717, 1.165) is 0 Å². The predicted octanol–water partition coefficient (Wildman–Crippen LogP) is 0.343. The molecule has 1 heterocycles. The molecular formula is C17H22N2O6. The second kappa shape index (κ2) is 8.48. The number of esters is 1. The molecule has 25 heavy (non-hydrogen) atoms. The van der Waals surface area contributed by atoms with Crippen molar-refractivity contribution in [3.05, 3.63) is 29.8 Å². The first-order chi connectivity index (χ1) is 11.8. The molecule has 0 unspecified atom stereocenters. The van der Waals surface area contributed by atoms with Crippen LogP contribution < -0.4 is 10.5 Å². The van der Waals surface area contributed by atoms with Crippen molar-refractivity contribution in [2.45, 2.75) is 26.1 Å². The Hall–Kier alpha value is -2.61. The molecule has 1 aromatic carbocycles. The Morgan fingerprint density at radius 1 is 1.12 bits per heavy atom. The van der Waals surface area contributed by atoms with Gasteiger partial charge >= 0.3 is 5.97 Å². The van der Waals surface area contributed by atoms with E-state index in [9.17, 15) is 14.4 Å². The van der Waals surface area contributed by atoms with E-state index in [4.69, 9.17) is 19.9 Å². The van der Waals surface area contributed by atoms with Crippen molar-refractivity contribution >= 4 is 17.8 Å². The lowest BCUT2D eigenvalue weighted by Gasteiger charge is -2.35. The van der Waals surface area contributed by atoms with E-state index in [0.29, 0.717) is 18.8 Å². The van der Waals surface area contributed by atoms with Gasteiger partial charge in [-0.25, -0.2) is 4.79 Å². The number of carbonyl (C=O) groups excluding carboxylic acids is 3. The largest absolute Gasteiger partial charge is 0.484 e. The smallest absolute Gasteiger partial charge is 0.338 e. The van der Waals surface area contributed by atoms with Gasteiger partial charge < -0.3 is 24.8 Å². The number of hydrogen-bond acceptors (Lipinski definition) is 6. The molecule has 1 aliphatic heterocycles. The van der Waals surface area contributed by atoms with Crippen molar-refractivity contribution in [2.24, 2.45) is 5.73 Å². The maximum Gasteiger partial charge on any atom is 0.338 e. The Morgan fingerprint density at radius 3 is 2.28 bits per heavy atom. The third-order valence-corrected chi connectivity index (χ3v) is 3.57. The molecule has 2 amide bonds. The van der Waals surface area contributed by atoms with E-state index in [-0.39, 0.29) is 36.9 Å². The average molecular weight is 350 g/mol. The quantitative estimate of drug-likeness (QED) is 0.742. The molecule has 0 radical (unpaired) electrons. The highest BCUT2D eigenvalue weighted by molar-refractivity contribution is 5.91. The summed E-state index contributed by atoms with van der Waals surface area (Å²) >= 11 is 0. The number of ether oxygens (including phenoxy) is 3. The maximum absolute atomic E-state index is 12.2. The van der Waals surface area contributed by atoms with E-state index in [1.54, 1.807) is 4.90 Å². The minimum absolute atomic E-state index is 0.0450. The van der Waals surface area contributed by atoms with Crippen molar-refractivity contribution in [1.82, 2.24) is 4.90 Å². The Balaban J connectivity index is 1.83. The minimum Gasteiger partial charge on any atom is -0.484 e. The number of primary amides is 1. The van der Waals surface area contributed by atoms with Crippen LogP contribution in [-0.2, 0) is 19.1 Å². The first kappa shape index (κ1) is 18.7. The molecular weight excluding hydrogens is 328 g/mol. The molecule has 2 N–H and O–H groups in total. The molecule has 2 atom stereocenters. The summed E-state index contributed by atoms with van der Waals surface area (Å²) in [4.78, 5) is 36.4. The Bertz CT molecular complexity index is 621. The summed E-state index contributed by atoms with van der Waals surface area (Å²) in [5, 5.41) is 0. The standard InChI is InChI=1S/C17H22N2O6/c1-11-7-19(8-12(2)25-11)16(21)10-24-17(22)13-3-5-14(6-4-13)23-9-15(18)20/h3-6,11-12H,7-10H2,1-2H3,(H2,18,20)/t11-,12-/m1/s1. The van der Waals surface area contributed by atoms with Crippen LogP contribution in [0.5, 0.6) is 5.75 Å². The zero-order chi connectivity index (χ0) is 18.4. The van der Waals surface area contributed by atoms with Gasteiger partial charge in [0.2, 0.25) is 0 Å². The molecule has 0 aromatic heterocycles. The van der Waals surface area contributed by atoms with Crippen molar-refractivity contribution in [1.29, 1.82) is 0 Å². The number of nitrogens with zero attached hydrogens (tertiary/aromatic N) is 1. The Morgan fingerprint density at radius 2 is 1.72 bits per heavy atom. The first-order valence-electron chi connectivity index (χ1n) is 7.96. The molecule has 1 aliphatic rings. The summed E-state index contributed by atoms with van der Waals surface area (Å²) in [6.07, 6.45) is -0.0901. The molecule has 0 aliphatic carbocycles. The first-order valence-corrected chi connectivity index (χ1v) is 7.96. The molecule has 0 saturated carbocycles. The average Bonchev–Trinajstić information content (AvgIpc) is 2.57. The van der Waals surface area contributed by atoms with E-state index >= 15 is 0 Å². The summed E-state index contributed by atoms with van der Waals surface area (Å²) in [7, 11) is 0. The van der Waals surface area contributed by atoms with E-state index < -0.39 is 11.9 Å². The van der Waals surface area contributed by atoms with Gasteiger partial charge in [-0.3, -0.25) is 9.59 Å². The second-order valence-corrected chi connectivity index (χ2v) is 5.91. The van der Waals surface area contributed by atoms with Crippen LogP contribution >= 0.6 is 0 Å². The topological polar surface area (TPSA) is 108 Å². The number of amides is 2. The van der Waals surface area contributed by atoms with Crippen LogP contribution in [0.4, 0.5) is 0 Å². The maximum atomic E-state index is 12.2. The highest BCUT2D eigenvalue weighted by Crippen LogP contribution is 2.14. The lowest BCUT2D eigenvalue weighted by Crippen LogP contribution is -2.49. The lowest BCUT2D eigenvalue weighted by atomic mass is 10.2. The van der Waals surface area contributed by atoms with E-state index in [1.165, 1.54) is 24.3 Å². The summed E-state index contributed by atoms with van der Waals surface area (Å²) < 4.78 is 15.7. The number of nitrogens with two attached hydrogens (primary N) is 1. The molecule has 0 spiro atoms. The van der Waals surface area contributed by atoms with Gasteiger partial charge in [-0.2, -0.15) is 0 Å². The van der Waals surface area contributed by atoms with Crippen molar-refractivity contribution < 1.29 is 28.6 Å². The summed E-state index contributed by atoms with van der Waals surface area (Å²) in [5.41, 5.74) is 5.26.